The molecule has 0 saturated heterocycles. The highest BCUT2D eigenvalue weighted by molar-refractivity contribution is 5.13. The first-order valence-electron chi connectivity index (χ1n) is 4.87. The van der Waals surface area contributed by atoms with Gasteiger partial charge in [-0.1, -0.05) is 5.57 Å². The van der Waals surface area contributed by atoms with Gasteiger partial charge in [-0.2, -0.15) is 26.3 Å². The van der Waals surface area contributed by atoms with Gasteiger partial charge in [-0.25, -0.2) is 0 Å². The Morgan fingerprint density at radius 2 is 1.33 bits per heavy atom. The van der Waals surface area contributed by atoms with Crippen LogP contribution in [0.1, 0.15) is 27.2 Å². The zero-order chi connectivity index (χ0) is 15.0. The molecule has 2 atom stereocenters. The number of alkyl halides is 6. The van der Waals surface area contributed by atoms with E-state index < -0.39 is 35.5 Å². The van der Waals surface area contributed by atoms with E-state index in [0.717, 1.165) is 6.92 Å². The summed E-state index contributed by atoms with van der Waals surface area (Å²) < 4.78 is 73.7. The normalized spacial score (nSPS) is 21.4. The van der Waals surface area contributed by atoms with Crippen molar-refractivity contribution in [2.45, 2.75) is 50.7 Å². The topological polar surface area (TPSA) is 40.5 Å². The number of hydrogen-bond acceptors (Lipinski definition) is 2. The molecule has 8 heteroatoms. The third kappa shape index (κ3) is 4.16. The largest absolute Gasteiger partial charge is 0.420 e. The van der Waals surface area contributed by atoms with E-state index >= 15 is 0 Å². The average Bonchev–Trinajstić information content (AvgIpc) is 1.95. The molecule has 0 radical (unpaired) electrons. The highest BCUT2D eigenvalue weighted by Gasteiger charge is 2.51. The summed E-state index contributed by atoms with van der Waals surface area (Å²) >= 11 is 0. The second-order valence-corrected chi connectivity index (χ2v) is 4.58. The molecule has 2 N–H and O–H groups in total. The first kappa shape index (κ1) is 17.2. The molecule has 2 unspecified atom stereocenters. The van der Waals surface area contributed by atoms with Crippen LogP contribution in [0.3, 0.4) is 0 Å². The molecule has 108 valence electrons. The fourth-order valence-electron chi connectivity index (χ4n) is 1.26. The molecule has 2 nitrogen and oxygen atoms in total. The molecule has 0 aliphatic carbocycles. The standard InChI is InChI=1S/C10H14F6O2/c1-6(4-7(2,17)9(11,12)13)5-8(3,18)10(14,15)16/h4,17-18H,5H2,1-3H3/b6-4-. The fraction of sp³-hybridized carbons (Fsp3) is 0.800. The van der Waals surface area contributed by atoms with Gasteiger partial charge in [0.2, 0.25) is 0 Å². The van der Waals surface area contributed by atoms with E-state index in [-0.39, 0.29) is 6.08 Å². The Bertz CT molecular complexity index is 324. The van der Waals surface area contributed by atoms with Crippen molar-refractivity contribution in [2.75, 3.05) is 0 Å². The molecule has 0 aromatic rings. The zero-order valence-electron chi connectivity index (χ0n) is 9.95. The minimum atomic E-state index is -5.00. The van der Waals surface area contributed by atoms with Crippen molar-refractivity contribution in [3.63, 3.8) is 0 Å². The van der Waals surface area contributed by atoms with Crippen molar-refractivity contribution in [1.29, 1.82) is 0 Å². The fourth-order valence-corrected chi connectivity index (χ4v) is 1.26. The van der Waals surface area contributed by atoms with Crippen LogP contribution in [0.25, 0.3) is 0 Å². The van der Waals surface area contributed by atoms with Crippen molar-refractivity contribution in [1.82, 2.24) is 0 Å². The molecule has 0 saturated carbocycles. The maximum atomic E-state index is 12.3. The molecule has 0 fully saturated rings. The van der Waals surface area contributed by atoms with Crippen molar-refractivity contribution >= 4 is 0 Å². The lowest BCUT2D eigenvalue weighted by atomic mass is 9.93. The molecule has 18 heavy (non-hydrogen) atoms. The Hall–Kier alpha value is -0.760. The molecule has 0 amide bonds. The van der Waals surface area contributed by atoms with Gasteiger partial charge in [-0.3, -0.25) is 0 Å². The van der Waals surface area contributed by atoms with Crippen LogP contribution < -0.4 is 0 Å². The van der Waals surface area contributed by atoms with Crippen molar-refractivity contribution < 1.29 is 36.6 Å². The summed E-state index contributed by atoms with van der Waals surface area (Å²) in [4.78, 5) is 0. The summed E-state index contributed by atoms with van der Waals surface area (Å²) in [6, 6.07) is 0. The molecule has 0 aromatic carbocycles. The summed E-state index contributed by atoms with van der Waals surface area (Å²) in [5, 5.41) is 18.1. The number of rotatable bonds is 3. The zero-order valence-corrected chi connectivity index (χ0v) is 9.95. The van der Waals surface area contributed by atoms with Gasteiger partial charge in [-0.15, -0.1) is 0 Å². The van der Waals surface area contributed by atoms with Crippen LogP contribution in [0.4, 0.5) is 26.3 Å². The number of aliphatic hydroxyl groups is 2. The van der Waals surface area contributed by atoms with Crippen molar-refractivity contribution in [3.05, 3.63) is 11.6 Å². The minimum Gasteiger partial charge on any atom is -0.380 e. The third-order valence-corrected chi connectivity index (χ3v) is 2.34. The maximum Gasteiger partial charge on any atom is 0.420 e. The van der Waals surface area contributed by atoms with Gasteiger partial charge in [0.1, 0.15) is 0 Å². The summed E-state index contributed by atoms with van der Waals surface area (Å²) in [6.45, 7) is 1.84. The molecule has 0 rings (SSSR count). The van der Waals surface area contributed by atoms with Crippen LogP contribution in [0, 0.1) is 0 Å². The van der Waals surface area contributed by atoms with Gasteiger partial charge in [0, 0.05) is 6.42 Å². The minimum absolute atomic E-state index is 0.257. The lowest BCUT2D eigenvalue weighted by Gasteiger charge is -2.28. The Morgan fingerprint density at radius 1 is 0.944 bits per heavy atom. The number of halogens is 6. The molecule has 0 spiro atoms. The molecule has 0 aliphatic rings. The quantitative estimate of drug-likeness (QED) is 0.616. The predicted octanol–water partition coefficient (Wildman–Crippen LogP) is 2.95. The predicted molar refractivity (Wildman–Crippen MR) is 51.7 cm³/mol. The van der Waals surface area contributed by atoms with Gasteiger partial charge in [-0.05, 0) is 26.8 Å². The molecule has 0 heterocycles. The summed E-state index contributed by atoms with van der Waals surface area (Å²) in [7, 11) is 0. The number of hydrogen-bond donors (Lipinski definition) is 2. The highest BCUT2D eigenvalue weighted by atomic mass is 19.4. The van der Waals surface area contributed by atoms with E-state index in [0.29, 0.717) is 13.8 Å². The molecule has 0 bridgehead atoms. The maximum absolute atomic E-state index is 12.3. The Morgan fingerprint density at radius 3 is 1.61 bits per heavy atom. The Labute approximate surface area is 99.9 Å². The summed E-state index contributed by atoms with van der Waals surface area (Å²) in [5.74, 6) is 0. The van der Waals surface area contributed by atoms with E-state index in [9.17, 15) is 26.3 Å². The van der Waals surface area contributed by atoms with Gasteiger partial charge in [0.15, 0.2) is 11.2 Å². The Balaban J connectivity index is 5.06. The van der Waals surface area contributed by atoms with Crippen molar-refractivity contribution in [3.8, 4) is 0 Å². The molecule has 0 aliphatic heterocycles. The lowest BCUT2D eigenvalue weighted by Crippen LogP contribution is -2.43. The highest BCUT2D eigenvalue weighted by Crippen LogP contribution is 2.37. The van der Waals surface area contributed by atoms with Crippen LogP contribution in [0.15, 0.2) is 11.6 Å². The average molecular weight is 280 g/mol. The van der Waals surface area contributed by atoms with Gasteiger partial charge >= 0.3 is 12.4 Å². The molecular formula is C10H14F6O2. The van der Waals surface area contributed by atoms with Crippen LogP contribution in [-0.4, -0.2) is 33.8 Å². The van der Waals surface area contributed by atoms with Crippen LogP contribution in [0.2, 0.25) is 0 Å². The molecular weight excluding hydrogens is 266 g/mol. The van der Waals surface area contributed by atoms with E-state index in [4.69, 9.17) is 10.2 Å². The van der Waals surface area contributed by atoms with Gasteiger partial charge in [0.05, 0.1) is 0 Å². The second-order valence-electron chi connectivity index (χ2n) is 4.58. The SMILES string of the molecule is C/C(=C/C(C)(O)C(F)(F)F)CC(C)(O)C(F)(F)F. The van der Waals surface area contributed by atoms with E-state index in [1.807, 2.05) is 0 Å². The van der Waals surface area contributed by atoms with E-state index in [1.165, 1.54) is 0 Å². The van der Waals surface area contributed by atoms with Crippen LogP contribution in [0.5, 0.6) is 0 Å². The van der Waals surface area contributed by atoms with Gasteiger partial charge in [0.25, 0.3) is 0 Å². The van der Waals surface area contributed by atoms with Gasteiger partial charge < -0.3 is 10.2 Å². The second kappa shape index (κ2) is 4.73. The molecule has 0 aromatic heterocycles. The summed E-state index contributed by atoms with van der Waals surface area (Å²) in [6.07, 6.45) is -10.8. The monoisotopic (exact) mass is 280 g/mol. The van der Waals surface area contributed by atoms with Crippen LogP contribution >= 0.6 is 0 Å². The first-order valence-corrected chi connectivity index (χ1v) is 4.87. The smallest absolute Gasteiger partial charge is 0.380 e. The first-order chi connectivity index (χ1) is 7.60. The third-order valence-electron chi connectivity index (χ3n) is 2.34. The van der Waals surface area contributed by atoms with Crippen molar-refractivity contribution in [2.24, 2.45) is 0 Å². The van der Waals surface area contributed by atoms with Crippen LogP contribution in [-0.2, 0) is 0 Å². The van der Waals surface area contributed by atoms with E-state index in [1.54, 1.807) is 0 Å². The Kier molecular flexibility index (Phi) is 4.53. The van der Waals surface area contributed by atoms with E-state index in [2.05, 4.69) is 0 Å². The summed E-state index contributed by atoms with van der Waals surface area (Å²) in [5.41, 5.74) is -6.80. The lowest BCUT2D eigenvalue weighted by molar-refractivity contribution is -0.252.